The lowest BCUT2D eigenvalue weighted by atomic mass is 10.3. The lowest BCUT2D eigenvalue weighted by molar-refractivity contribution is 0.590. The van der Waals surface area contributed by atoms with Crippen molar-refractivity contribution in [2.24, 2.45) is 0 Å². The van der Waals surface area contributed by atoms with Gasteiger partial charge in [-0.3, -0.25) is 4.57 Å². The molecule has 2 aromatic heterocycles. The molecule has 100 valence electrons. The van der Waals surface area contributed by atoms with Gasteiger partial charge in [0, 0.05) is 18.3 Å². The molecule has 2 rings (SSSR count). The highest BCUT2D eigenvalue weighted by molar-refractivity contribution is 7.99. The summed E-state index contributed by atoms with van der Waals surface area (Å²) in [6, 6.07) is 0.335. The summed E-state index contributed by atoms with van der Waals surface area (Å²) >= 11 is 1.92. The third-order valence-corrected chi connectivity index (χ3v) is 4.20. The Morgan fingerprint density at radius 1 is 1.39 bits per heavy atom. The molecule has 0 saturated heterocycles. The number of rotatable bonds is 5. The Hall–Kier alpha value is -1.17. The molecule has 0 amide bonds. The van der Waals surface area contributed by atoms with Gasteiger partial charge in [0.2, 0.25) is 5.95 Å². The molecule has 1 atom stereocenters. The molecular formula is C12H21N5S. The molecule has 0 saturated carbocycles. The van der Waals surface area contributed by atoms with E-state index in [1.54, 1.807) is 0 Å². The Bertz CT molecular complexity index is 542. The van der Waals surface area contributed by atoms with Gasteiger partial charge in [0.1, 0.15) is 5.52 Å². The molecule has 0 bridgehead atoms. The predicted octanol–water partition coefficient (Wildman–Crippen LogP) is 2.46. The number of hydrogen-bond donors (Lipinski definition) is 1. The summed E-state index contributed by atoms with van der Waals surface area (Å²) < 4.78 is 4.10. The number of nitrogens with zero attached hydrogens (tertiary/aromatic N) is 4. The molecule has 18 heavy (non-hydrogen) atoms. The lowest BCUT2D eigenvalue weighted by Gasteiger charge is -2.15. The average Bonchev–Trinajstić information content (AvgIpc) is 2.83. The number of aromatic nitrogens is 4. The van der Waals surface area contributed by atoms with Crippen molar-refractivity contribution in [3.8, 4) is 0 Å². The Morgan fingerprint density at radius 2 is 2.11 bits per heavy atom. The number of thioether (sulfide) groups is 1. The van der Waals surface area contributed by atoms with Gasteiger partial charge in [-0.15, -0.1) is 0 Å². The largest absolute Gasteiger partial charge is 0.369 e. The van der Waals surface area contributed by atoms with Crippen LogP contribution in [0.15, 0.2) is 0 Å². The van der Waals surface area contributed by atoms with Crippen LogP contribution in [-0.4, -0.2) is 30.8 Å². The summed E-state index contributed by atoms with van der Waals surface area (Å²) in [5.74, 6) is 2.76. The first-order valence-corrected chi connectivity index (χ1v) is 7.54. The molecule has 2 heterocycles. The summed E-state index contributed by atoms with van der Waals surface area (Å²) in [5, 5.41) is 4.50. The minimum Gasteiger partial charge on any atom is -0.369 e. The van der Waals surface area contributed by atoms with E-state index >= 15 is 0 Å². The van der Waals surface area contributed by atoms with E-state index in [1.807, 2.05) is 23.4 Å². The van der Waals surface area contributed by atoms with Crippen molar-refractivity contribution in [3.05, 3.63) is 5.69 Å². The minimum absolute atomic E-state index is 0.335. The third-order valence-electron chi connectivity index (χ3n) is 3.07. The van der Waals surface area contributed by atoms with Crippen LogP contribution >= 0.6 is 11.8 Å². The topological polar surface area (TPSA) is 61.7 Å². The van der Waals surface area contributed by atoms with Gasteiger partial charge in [-0.25, -0.2) is 9.67 Å². The zero-order valence-electron chi connectivity index (χ0n) is 11.5. The Kier molecular flexibility index (Phi) is 3.85. The summed E-state index contributed by atoms with van der Waals surface area (Å²) in [6.45, 7) is 9.26. The van der Waals surface area contributed by atoms with Gasteiger partial charge < -0.3 is 5.73 Å². The van der Waals surface area contributed by atoms with E-state index in [0.717, 1.165) is 34.9 Å². The summed E-state index contributed by atoms with van der Waals surface area (Å²) in [4.78, 5) is 4.46. The van der Waals surface area contributed by atoms with Gasteiger partial charge in [0.05, 0.1) is 5.69 Å². The van der Waals surface area contributed by atoms with Crippen LogP contribution in [-0.2, 0) is 6.54 Å². The van der Waals surface area contributed by atoms with Crippen molar-refractivity contribution in [2.75, 3.05) is 17.2 Å². The quantitative estimate of drug-likeness (QED) is 0.904. The number of imidazole rings is 1. The van der Waals surface area contributed by atoms with Gasteiger partial charge in [0.15, 0.2) is 5.65 Å². The van der Waals surface area contributed by atoms with Gasteiger partial charge in [-0.2, -0.15) is 16.9 Å². The van der Waals surface area contributed by atoms with Crippen LogP contribution in [0.4, 0.5) is 5.95 Å². The highest BCUT2D eigenvalue weighted by atomic mass is 32.2. The molecule has 6 heteroatoms. The van der Waals surface area contributed by atoms with E-state index < -0.39 is 0 Å². The Balaban J connectivity index is 2.51. The molecule has 0 spiro atoms. The Morgan fingerprint density at radius 3 is 2.72 bits per heavy atom. The molecule has 0 aromatic carbocycles. The fourth-order valence-electron chi connectivity index (χ4n) is 2.22. The summed E-state index contributed by atoms with van der Waals surface area (Å²) in [5.41, 5.74) is 9.00. The van der Waals surface area contributed by atoms with Crippen LogP contribution in [0.1, 0.15) is 32.5 Å². The van der Waals surface area contributed by atoms with E-state index in [9.17, 15) is 0 Å². The molecule has 0 aliphatic carbocycles. The second-order valence-corrected chi connectivity index (χ2v) is 5.74. The van der Waals surface area contributed by atoms with Gasteiger partial charge in [0.25, 0.3) is 0 Å². The van der Waals surface area contributed by atoms with Gasteiger partial charge in [-0.1, -0.05) is 6.92 Å². The number of nitrogen functional groups attached to an aromatic ring is 1. The van der Waals surface area contributed by atoms with Crippen molar-refractivity contribution in [2.45, 2.75) is 40.3 Å². The summed E-state index contributed by atoms with van der Waals surface area (Å²) in [7, 11) is 0. The van der Waals surface area contributed by atoms with Crippen LogP contribution in [0.5, 0.6) is 0 Å². The molecule has 0 aliphatic heterocycles. The van der Waals surface area contributed by atoms with Crippen LogP contribution in [0.3, 0.4) is 0 Å². The molecule has 0 radical (unpaired) electrons. The first-order chi connectivity index (χ1) is 8.60. The maximum absolute atomic E-state index is 6.06. The fourth-order valence-corrected chi connectivity index (χ4v) is 2.95. The molecule has 1 unspecified atom stereocenters. The zero-order valence-corrected chi connectivity index (χ0v) is 12.3. The van der Waals surface area contributed by atoms with E-state index in [2.05, 4.69) is 35.4 Å². The normalized spacial score (nSPS) is 13.3. The zero-order chi connectivity index (χ0) is 13.3. The second kappa shape index (κ2) is 5.22. The number of hydrogen-bond acceptors (Lipinski definition) is 4. The van der Waals surface area contributed by atoms with Crippen molar-refractivity contribution < 1.29 is 0 Å². The lowest BCUT2D eigenvalue weighted by Crippen LogP contribution is -2.14. The SMILES string of the molecule is CCSCC(C)n1c(N)nc2c(C)nn(CC)c21. The number of aryl methyl sites for hydroxylation is 2. The minimum atomic E-state index is 0.335. The third kappa shape index (κ3) is 2.09. The average molecular weight is 267 g/mol. The van der Waals surface area contributed by atoms with Crippen molar-refractivity contribution in [3.63, 3.8) is 0 Å². The van der Waals surface area contributed by atoms with Crippen LogP contribution in [0.2, 0.25) is 0 Å². The maximum Gasteiger partial charge on any atom is 0.202 e. The molecule has 0 aliphatic rings. The number of nitrogens with two attached hydrogens (primary N) is 1. The van der Waals surface area contributed by atoms with E-state index in [0.29, 0.717) is 12.0 Å². The van der Waals surface area contributed by atoms with E-state index in [-0.39, 0.29) is 0 Å². The molecule has 0 fully saturated rings. The summed E-state index contributed by atoms with van der Waals surface area (Å²) in [6.07, 6.45) is 0. The number of anilines is 1. The smallest absolute Gasteiger partial charge is 0.202 e. The predicted molar refractivity (Wildman–Crippen MR) is 78.1 cm³/mol. The standard InChI is InChI=1S/C12H21N5S/c1-5-16-11-10(9(4)15-16)14-12(13)17(11)8(3)7-18-6-2/h8H,5-7H2,1-4H3,(H2,13,14). The van der Waals surface area contributed by atoms with Crippen molar-refractivity contribution in [1.29, 1.82) is 0 Å². The molecule has 5 nitrogen and oxygen atoms in total. The number of fused-ring (bicyclic) bond motifs is 1. The second-order valence-electron chi connectivity index (χ2n) is 4.42. The molecule has 2 N–H and O–H groups in total. The maximum atomic E-state index is 6.06. The van der Waals surface area contributed by atoms with Gasteiger partial charge in [-0.05, 0) is 26.5 Å². The van der Waals surface area contributed by atoms with Crippen LogP contribution in [0.25, 0.3) is 11.2 Å². The molecular weight excluding hydrogens is 246 g/mol. The first-order valence-electron chi connectivity index (χ1n) is 6.38. The Labute approximate surface area is 112 Å². The highest BCUT2D eigenvalue weighted by Gasteiger charge is 2.19. The molecule has 2 aromatic rings. The van der Waals surface area contributed by atoms with Crippen LogP contribution in [0, 0.1) is 6.92 Å². The first kappa shape index (κ1) is 13.3. The van der Waals surface area contributed by atoms with Crippen LogP contribution < -0.4 is 5.73 Å². The van der Waals surface area contributed by atoms with E-state index in [4.69, 9.17) is 5.73 Å². The monoisotopic (exact) mass is 267 g/mol. The van der Waals surface area contributed by atoms with E-state index in [1.165, 1.54) is 0 Å². The van der Waals surface area contributed by atoms with Gasteiger partial charge >= 0.3 is 0 Å². The van der Waals surface area contributed by atoms with Crippen molar-refractivity contribution in [1.82, 2.24) is 19.3 Å². The highest BCUT2D eigenvalue weighted by Crippen LogP contribution is 2.26. The van der Waals surface area contributed by atoms with Crippen molar-refractivity contribution >= 4 is 28.9 Å². The fraction of sp³-hybridized carbons (Fsp3) is 0.667.